The zero-order valence-electron chi connectivity index (χ0n) is 8.53. The van der Waals surface area contributed by atoms with Crippen molar-refractivity contribution in [1.82, 2.24) is 4.90 Å². The standard InChI is InChI=1S/C10H17NO3/c1-8(12)4-2-3-7-11-9(13)5-6-10(11)14/h8,12H,2-7H2,1H3. The highest BCUT2D eigenvalue weighted by Gasteiger charge is 2.27. The molecule has 1 saturated heterocycles. The molecule has 0 saturated carbocycles. The number of aliphatic hydroxyl groups excluding tert-OH is 1. The number of hydrogen-bond donors (Lipinski definition) is 1. The van der Waals surface area contributed by atoms with Crippen LogP contribution >= 0.6 is 0 Å². The second kappa shape index (κ2) is 5.10. The van der Waals surface area contributed by atoms with Gasteiger partial charge in [0.15, 0.2) is 0 Å². The quantitative estimate of drug-likeness (QED) is 0.523. The van der Waals surface area contributed by atoms with Crippen LogP contribution in [-0.4, -0.2) is 34.5 Å². The van der Waals surface area contributed by atoms with Crippen molar-refractivity contribution in [3.05, 3.63) is 0 Å². The van der Waals surface area contributed by atoms with Gasteiger partial charge in [-0.05, 0) is 26.2 Å². The van der Waals surface area contributed by atoms with E-state index in [1.165, 1.54) is 4.90 Å². The first-order valence-electron chi connectivity index (χ1n) is 5.12. The van der Waals surface area contributed by atoms with Gasteiger partial charge >= 0.3 is 0 Å². The van der Waals surface area contributed by atoms with E-state index < -0.39 is 0 Å². The van der Waals surface area contributed by atoms with Crippen molar-refractivity contribution >= 4 is 11.8 Å². The van der Waals surface area contributed by atoms with Crippen molar-refractivity contribution in [1.29, 1.82) is 0 Å². The predicted octanol–water partition coefficient (Wildman–Crippen LogP) is 0.686. The van der Waals surface area contributed by atoms with Crippen LogP contribution in [0.1, 0.15) is 39.0 Å². The number of amides is 2. The molecule has 4 heteroatoms. The van der Waals surface area contributed by atoms with E-state index in [4.69, 9.17) is 5.11 Å². The Labute approximate surface area is 83.9 Å². The summed E-state index contributed by atoms with van der Waals surface area (Å²) in [6.07, 6.45) is 2.83. The van der Waals surface area contributed by atoms with Gasteiger partial charge in [-0.3, -0.25) is 14.5 Å². The van der Waals surface area contributed by atoms with Crippen molar-refractivity contribution in [2.45, 2.75) is 45.1 Å². The Bertz CT molecular complexity index is 209. The number of likely N-dealkylation sites (tertiary alicyclic amines) is 1. The van der Waals surface area contributed by atoms with Crippen LogP contribution in [0.25, 0.3) is 0 Å². The zero-order chi connectivity index (χ0) is 10.6. The predicted molar refractivity (Wildman–Crippen MR) is 51.5 cm³/mol. The molecular formula is C10H17NO3. The molecular weight excluding hydrogens is 182 g/mol. The van der Waals surface area contributed by atoms with Crippen molar-refractivity contribution < 1.29 is 14.7 Å². The molecule has 0 aromatic heterocycles. The van der Waals surface area contributed by atoms with Gasteiger partial charge in [0.25, 0.3) is 0 Å². The van der Waals surface area contributed by atoms with Gasteiger partial charge in [0, 0.05) is 19.4 Å². The molecule has 1 aliphatic rings. The molecule has 1 aliphatic heterocycles. The fraction of sp³-hybridized carbons (Fsp3) is 0.800. The summed E-state index contributed by atoms with van der Waals surface area (Å²) in [5.74, 6) is -0.0981. The number of rotatable bonds is 5. The first-order chi connectivity index (χ1) is 6.61. The van der Waals surface area contributed by atoms with E-state index in [0.717, 1.165) is 19.3 Å². The smallest absolute Gasteiger partial charge is 0.229 e. The molecule has 1 heterocycles. The van der Waals surface area contributed by atoms with Crippen molar-refractivity contribution in [3.63, 3.8) is 0 Å². The first-order valence-corrected chi connectivity index (χ1v) is 5.12. The van der Waals surface area contributed by atoms with Gasteiger partial charge in [0.1, 0.15) is 0 Å². The third-order valence-corrected chi connectivity index (χ3v) is 2.41. The molecule has 14 heavy (non-hydrogen) atoms. The van der Waals surface area contributed by atoms with Crippen molar-refractivity contribution in [2.24, 2.45) is 0 Å². The molecule has 0 radical (unpaired) electrons. The molecule has 0 spiro atoms. The average Bonchev–Trinajstić information content (AvgIpc) is 2.42. The summed E-state index contributed by atoms with van der Waals surface area (Å²) in [6.45, 7) is 2.26. The number of carbonyl (C=O) groups is 2. The van der Waals surface area contributed by atoms with Gasteiger partial charge in [-0.2, -0.15) is 0 Å². The monoisotopic (exact) mass is 199 g/mol. The fourth-order valence-electron chi connectivity index (χ4n) is 1.58. The van der Waals surface area contributed by atoms with Gasteiger partial charge in [0.2, 0.25) is 11.8 Å². The molecule has 4 nitrogen and oxygen atoms in total. The van der Waals surface area contributed by atoms with E-state index in [0.29, 0.717) is 19.4 Å². The van der Waals surface area contributed by atoms with E-state index in [2.05, 4.69) is 0 Å². The molecule has 0 bridgehead atoms. The maximum absolute atomic E-state index is 11.2. The number of aliphatic hydroxyl groups is 1. The highest BCUT2D eigenvalue weighted by Crippen LogP contribution is 2.13. The Kier molecular flexibility index (Phi) is 4.07. The number of imide groups is 1. The van der Waals surface area contributed by atoms with Crippen LogP contribution in [-0.2, 0) is 9.59 Å². The normalized spacial score (nSPS) is 19.1. The van der Waals surface area contributed by atoms with Crippen LogP contribution in [0.15, 0.2) is 0 Å². The summed E-state index contributed by atoms with van der Waals surface area (Å²) in [5.41, 5.74) is 0. The molecule has 1 N–H and O–H groups in total. The lowest BCUT2D eigenvalue weighted by atomic mass is 10.2. The topological polar surface area (TPSA) is 57.6 Å². The number of unbranched alkanes of at least 4 members (excludes halogenated alkanes) is 1. The molecule has 0 aromatic carbocycles. The first kappa shape index (κ1) is 11.2. The Hall–Kier alpha value is -0.900. The average molecular weight is 199 g/mol. The van der Waals surface area contributed by atoms with Crippen LogP contribution < -0.4 is 0 Å². The third kappa shape index (κ3) is 3.10. The Morgan fingerprint density at radius 3 is 2.36 bits per heavy atom. The van der Waals surface area contributed by atoms with Gasteiger partial charge in [-0.25, -0.2) is 0 Å². The number of nitrogens with zero attached hydrogens (tertiary/aromatic N) is 1. The number of hydrogen-bond acceptors (Lipinski definition) is 3. The van der Waals surface area contributed by atoms with Gasteiger partial charge < -0.3 is 5.11 Å². The van der Waals surface area contributed by atoms with Crippen LogP contribution in [0.5, 0.6) is 0 Å². The van der Waals surface area contributed by atoms with E-state index in [9.17, 15) is 9.59 Å². The Morgan fingerprint density at radius 2 is 1.86 bits per heavy atom. The summed E-state index contributed by atoms with van der Waals surface area (Å²) < 4.78 is 0. The Morgan fingerprint density at radius 1 is 1.29 bits per heavy atom. The highest BCUT2D eigenvalue weighted by molar-refractivity contribution is 6.01. The third-order valence-electron chi connectivity index (χ3n) is 2.41. The van der Waals surface area contributed by atoms with E-state index in [-0.39, 0.29) is 17.9 Å². The summed E-state index contributed by atoms with van der Waals surface area (Å²) >= 11 is 0. The Balaban J connectivity index is 2.17. The van der Waals surface area contributed by atoms with Gasteiger partial charge in [-0.15, -0.1) is 0 Å². The second-order valence-corrected chi connectivity index (χ2v) is 3.78. The minimum atomic E-state index is -0.292. The minimum Gasteiger partial charge on any atom is -0.393 e. The van der Waals surface area contributed by atoms with Crippen LogP contribution in [0, 0.1) is 0 Å². The van der Waals surface area contributed by atoms with Crippen LogP contribution in [0.4, 0.5) is 0 Å². The van der Waals surface area contributed by atoms with Crippen molar-refractivity contribution in [2.75, 3.05) is 6.54 Å². The molecule has 1 rings (SSSR count). The van der Waals surface area contributed by atoms with Crippen LogP contribution in [0.2, 0.25) is 0 Å². The SMILES string of the molecule is CC(O)CCCCN1C(=O)CCC1=O. The second-order valence-electron chi connectivity index (χ2n) is 3.78. The number of carbonyl (C=O) groups excluding carboxylic acids is 2. The van der Waals surface area contributed by atoms with E-state index in [1.807, 2.05) is 0 Å². The van der Waals surface area contributed by atoms with Crippen LogP contribution in [0.3, 0.4) is 0 Å². The molecule has 1 unspecified atom stereocenters. The maximum Gasteiger partial charge on any atom is 0.229 e. The molecule has 1 fully saturated rings. The van der Waals surface area contributed by atoms with Crippen molar-refractivity contribution in [3.8, 4) is 0 Å². The van der Waals surface area contributed by atoms with E-state index >= 15 is 0 Å². The maximum atomic E-state index is 11.2. The molecule has 80 valence electrons. The highest BCUT2D eigenvalue weighted by atomic mass is 16.3. The largest absolute Gasteiger partial charge is 0.393 e. The van der Waals surface area contributed by atoms with Gasteiger partial charge in [-0.1, -0.05) is 0 Å². The summed E-state index contributed by atoms with van der Waals surface area (Å²) in [7, 11) is 0. The summed E-state index contributed by atoms with van der Waals surface area (Å²) in [5, 5.41) is 9.00. The molecule has 2 amide bonds. The van der Waals surface area contributed by atoms with E-state index in [1.54, 1.807) is 6.92 Å². The summed E-state index contributed by atoms with van der Waals surface area (Å²) in [4.78, 5) is 23.7. The molecule has 0 aliphatic carbocycles. The lowest BCUT2D eigenvalue weighted by Gasteiger charge is -2.13. The zero-order valence-corrected chi connectivity index (χ0v) is 8.53. The fourth-order valence-corrected chi connectivity index (χ4v) is 1.58. The van der Waals surface area contributed by atoms with Gasteiger partial charge in [0.05, 0.1) is 6.10 Å². The lowest BCUT2D eigenvalue weighted by molar-refractivity contribution is -0.138. The lowest BCUT2D eigenvalue weighted by Crippen LogP contribution is -2.30. The molecule has 1 atom stereocenters. The summed E-state index contributed by atoms with van der Waals surface area (Å²) in [6, 6.07) is 0. The molecule has 0 aromatic rings. The minimum absolute atomic E-state index is 0.0490.